The molecule has 1 aromatic heterocycles. The molecule has 21 heavy (non-hydrogen) atoms. The summed E-state index contributed by atoms with van der Waals surface area (Å²) >= 11 is 0. The Kier molecular flexibility index (Phi) is 4.39. The normalized spacial score (nSPS) is 11.7. The Balaban J connectivity index is 2.30. The number of methoxy groups -OCH3 is 1. The van der Waals surface area contributed by atoms with Crippen LogP contribution in [0.4, 0.5) is 0 Å². The first-order chi connectivity index (χ1) is 10.0. The van der Waals surface area contributed by atoms with E-state index in [1.54, 1.807) is 21.0 Å². The summed E-state index contributed by atoms with van der Waals surface area (Å²) in [5.74, 6) is 0.307. The van der Waals surface area contributed by atoms with Crippen molar-refractivity contribution in [2.75, 3.05) is 13.7 Å². The molecule has 1 aromatic carbocycles. The Bertz CT molecular complexity index is 719. The largest absolute Gasteiger partial charge is 0.497 e. The number of rotatable bonds is 4. The van der Waals surface area contributed by atoms with E-state index in [1.165, 1.54) is 0 Å². The highest BCUT2D eigenvalue weighted by Crippen LogP contribution is 2.21. The maximum Gasteiger partial charge on any atom is 0.253 e. The number of hydrogen-bond donors (Lipinski definition) is 1. The minimum absolute atomic E-state index is 0.209. The van der Waals surface area contributed by atoms with E-state index in [9.17, 15) is 4.79 Å². The zero-order valence-electron chi connectivity index (χ0n) is 12.3. The van der Waals surface area contributed by atoms with Gasteiger partial charge in [0.15, 0.2) is 0 Å². The Labute approximate surface area is 123 Å². The molecule has 1 amide bonds. The molecular formula is C16H17N3O2. The van der Waals surface area contributed by atoms with Gasteiger partial charge >= 0.3 is 0 Å². The first-order valence-electron chi connectivity index (χ1n) is 6.68. The fraction of sp³-hybridized carbons (Fsp3) is 0.312. The molecule has 1 heterocycles. The van der Waals surface area contributed by atoms with Crippen molar-refractivity contribution in [1.82, 2.24) is 10.3 Å². The fourth-order valence-corrected chi connectivity index (χ4v) is 1.99. The second kappa shape index (κ2) is 6.23. The number of hydrogen-bond acceptors (Lipinski definition) is 4. The van der Waals surface area contributed by atoms with Gasteiger partial charge in [0.2, 0.25) is 0 Å². The van der Waals surface area contributed by atoms with Crippen molar-refractivity contribution < 1.29 is 9.53 Å². The number of nitrogens with one attached hydrogen (secondary N) is 1. The SMILES string of the molecule is COc1ccc2cc(C(=O)NC[C@H](C)C#N)c(C)nc2c1. The van der Waals surface area contributed by atoms with E-state index in [2.05, 4.69) is 16.4 Å². The van der Waals surface area contributed by atoms with Gasteiger partial charge in [0.05, 0.1) is 35.9 Å². The molecule has 0 aliphatic carbocycles. The highest BCUT2D eigenvalue weighted by Gasteiger charge is 2.12. The maximum absolute atomic E-state index is 12.2. The number of aromatic nitrogens is 1. The van der Waals surface area contributed by atoms with E-state index >= 15 is 0 Å². The summed E-state index contributed by atoms with van der Waals surface area (Å²) in [6, 6.07) is 9.43. The van der Waals surface area contributed by atoms with Crippen LogP contribution in [0.25, 0.3) is 10.9 Å². The third-order valence-corrected chi connectivity index (χ3v) is 3.25. The van der Waals surface area contributed by atoms with Gasteiger partial charge in [-0.1, -0.05) is 0 Å². The first-order valence-corrected chi connectivity index (χ1v) is 6.68. The summed E-state index contributed by atoms with van der Waals surface area (Å²) in [7, 11) is 1.60. The van der Waals surface area contributed by atoms with Crippen molar-refractivity contribution in [3.8, 4) is 11.8 Å². The van der Waals surface area contributed by atoms with Crippen LogP contribution in [0.3, 0.4) is 0 Å². The number of nitrogens with zero attached hydrogens (tertiary/aromatic N) is 2. The van der Waals surface area contributed by atoms with Crippen molar-refractivity contribution in [1.29, 1.82) is 5.26 Å². The van der Waals surface area contributed by atoms with Gasteiger partial charge in [-0.3, -0.25) is 9.78 Å². The number of pyridine rings is 1. The van der Waals surface area contributed by atoms with Gasteiger partial charge in [-0.2, -0.15) is 5.26 Å². The zero-order valence-corrected chi connectivity index (χ0v) is 12.3. The lowest BCUT2D eigenvalue weighted by Crippen LogP contribution is -2.28. The lowest BCUT2D eigenvalue weighted by Gasteiger charge is -2.10. The summed E-state index contributed by atoms with van der Waals surface area (Å²) in [6.07, 6.45) is 0. The van der Waals surface area contributed by atoms with E-state index in [-0.39, 0.29) is 11.8 Å². The molecule has 0 fully saturated rings. The minimum atomic E-state index is -0.216. The Hall–Kier alpha value is -2.61. The standard InChI is InChI=1S/C16H17N3O2/c1-10(8-17)9-18-16(20)14-6-12-4-5-13(21-3)7-15(12)19-11(14)2/h4-7,10H,9H2,1-3H3,(H,18,20)/t10-/m1/s1. The summed E-state index contributed by atoms with van der Waals surface area (Å²) in [4.78, 5) is 16.6. The molecule has 0 aliphatic rings. The number of carbonyl (C=O) groups is 1. The van der Waals surface area contributed by atoms with Gasteiger partial charge in [0.1, 0.15) is 5.75 Å². The monoisotopic (exact) mass is 283 g/mol. The van der Waals surface area contributed by atoms with Crippen LogP contribution in [-0.4, -0.2) is 24.5 Å². The van der Waals surface area contributed by atoms with Gasteiger partial charge in [-0.15, -0.1) is 0 Å². The second-order valence-corrected chi connectivity index (χ2v) is 4.92. The molecule has 2 rings (SSSR count). The topological polar surface area (TPSA) is 75.0 Å². The van der Waals surface area contributed by atoms with Crippen LogP contribution in [0.1, 0.15) is 23.0 Å². The predicted octanol–water partition coefficient (Wildman–Crippen LogP) is 2.44. The highest BCUT2D eigenvalue weighted by molar-refractivity contribution is 5.98. The number of ether oxygens (including phenoxy) is 1. The molecule has 108 valence electrons. The molecule has 0 bridgehead atoms. The molecule has 0 saturated heterocycles. The third kappa shape index (κ3) is 3.29. The molecule has 5 heteroatoms. The van der Waals surface area contributed by atoms with Crippen molar-refractivity contribution in [3.63, 3.8) is 0 Å². The van der Waals surface area contributed by atoms with Crippen molar-refractivity contribution >= 4 is 16.8 Å². The second-order valence-electron chi connectivity index (χ2n) is 4.92. The van der Waals surface area contributed by atoms with Crippen molar-refractivity contribution in [2.24, 2.45) is 5.92 Å². The summed E-state index contributed by atoms with van der Waals surface area (Å²) in [6.45, 7) is 3.88. The molecular weight excluding hydrogens is 266 g/mol. The number of carbonyl (C=O) groups excluding carboxylic acids is 1. The van der Waals surface area contributed by atoms with Crippen molar-refractivity contribution in [2.45, 2.75) is 13.8 Å². The van der Waals surface area contributed by atoms with Crippen LogP contribution >= 0.6 is 0 Å². The average molecular weight is 283 g/mol. The fourth-order valence-electron chi connectivity index (χ4n) is 1.99. The number of nitriles is 1. The molecule has 0 unspecified atom stereocenters. The molecule has 0 radical (unpaired) electrons. The molecule has 0 saturated carbocycles. The molecule has 0 spiro atoms. The lowest BCUT2D eigenvalue weighted by molar-refractivity contribution is 0.0950. The van der Waals surface area contributed by atoms with Crippen LogP contribution in [-0.2, 0) is 0 Å². The van der Waals surface area contributed by atoms with Crippen LogP contribution < -0.4 is 10.1 Å². The smallest absolute Gasteiger partial charge is 0.253 e. The number of benzene rings is 1. The number of fused-ring (bicyclic) bond motifs is 1. The highest BCUT2D eigenvalue weighted by atomic mass is 16.5. The Morgan fingerprint density at radius 3 is 2.90 bits per heavy atom. The van der Waals surface area contributed by atoms with E-state index in [0.717, 1.165) is 16.7 Å². The van der Waals surface area contributed by atoms with E-state index in [1.807, 2.05) is 24.3 Å². The summed E-state index contributed by atoms with van der Waals surface area (Å²) < 4.78 is 5.17. The van der Waals surface area contributed by atoms with Crippen LogP contribution in [0.2, 0.25) is 0 Å². The van der Waals surface area contributed by atoms with E-state index in [0.29, 0.717) is 17.8 Å². The summed E-state index contributed by atoms with van der Waals surface area (Å²) in [5, 5.41) is 12.4. The van der Waals surface area contributed by atoms with Gasteiger partial charge in [0, 0.05) is 18.0 Å². The van der Waals surface area contributed by atoms with Crippen molar-refractivity contribution in [3.05, 3.63) is 35.5 Å². The summed E-state index contributed by atoms with van der Waals surface area (Å²) in [5.41, 5.74) is 1.96. The lowest BCUT2D eigenvalue weighted by atomic mass is 10.1. The van der Waals surface area contributed by atoms with E-state index in [4.69, 9.17) is 10.00 Å². The minimum Gasteiger partial charge on any atom is -0.497 e. The predicted molar refractivity (Wildman–Crippen MR) is 80.1 cm³/mol. The average Bonchev–Trinajstić information content (AvgIpc) is 2.50. The van der Waals surface area contributed by atoms with Crippen LogP contribution in [0.15, 0.2) is 24.3 Å². The molecule has 1 atom stereocenters. The number of aryl methyl sites for hydroxylation is 1. The van der Waals surface area contributed by atoms with Gasteiger partial charge in [-0.25, -0.2) is 0 Å². The van der Waals surface area contributed by atoms with Gasteiger partial charge in [0.25, 0.3) is 5.91 Å². The van der Waals surface area contributed by atoms with Gasteiger partial charge < -0.3 is 10.1 Å². The Morgan fingerprint density at radius 2 is 2.24 bits per heavy atom. The third-order valence-electron chi connectivity index (χ3n) is 3.25. The molecule has 2 aromatic rings. The molecule has 1 N–H and O–H groups in total. The Morgan fingerprint density at radius 1 is 1.48 bits per heavy atom. The number of amides is 1. The van der Waals surface area contributed by atoms with Crippen LogP contribution in [0.5, 0.6) is 5.75 Å². The molecule has 5 nitrogen and oxygen atoms in total. The maximum atomic E-state index is 12.2. The molecule has 0 aliphatic heterocycles. The first kappa shape index (κ1) is 14.8. The van der Waals surface area contributed by atoms with E-state index < -0.39 is 0 Å². The zero-order chi connectivity index (χ0) is 15.4. The van der Waals surface area contributed by atoms with Crippen LogP contribution in [0, 0.1) is 24.2 Å². The quantitative estimate of drug-likeness (QED) is 0.935. The van der Waals surface area contributed by atoms with Gasteiger partial charge in [-0.05, 0) is 32.0 Å².